The number of carbonyl (C=O) groups is 1. The molecular weight excluding hydrogens is 284 g/mol. The van der Waals surface area contributed by atoms with E-state index < -0.39 is 0 Å². The van der Waals surface area contributed by atoms with Crippen LogP contribution in [0.5, 0.6) is 0 Å². The van der Waals surface area contributed by atoms with Gasteiger partial charge in [-0.2, -0.15) is 0 Å². The first kappa shape index (κ1) is 16.2. The topological polar surface area (TPSA) is 53.1 Å². The smallest absolute Gasteiger partial charge is 0.269 e. The van der Waals surface area contributed by atoms with E-state index >= 15 is 0 Å². The SMILES string of the molecule is CN(C)CCCC(C)(C)NC(=O)c1c[nH]c(=S)n1C1CC1. The summed E-state index contributed by atoms with van der Waals surface area (Å²) < 4.78 is 2.61. The first-order valence-corrected chi connectivity index (χ1v) is 7.98. The summed E-state index contributed by atoms with van der Waals surface area (Å²) in [5.41, 5.74) is 0.441. The number of rotatable bonds is 7. The van der Waals surface area contributed by atoms with Gasteiger partial charge in [0.1, 0.15) is 5.69 Å². The van der Waals surface area contributed by atoms with Gasteiger partial charge in [0.15, 0.2) is 4.77 Å². The molecule has 2 rings (SSSR count). The van der Waals surface area contributed by atoms with Crippen molar-refractivity contribution in [3.8, 4) is 0 Å². The maximum atomic E-state index is 12.5. The molecule has 6 heteroatoms. The lowest BCUT2D eigenvalue weighted by Crippen LogP contribution is -2.44. The predicted molar refractivity (Wildman–Crippen MR) is 87.2 cm³/mol. The number of amides is 1. The zero-order chi connectivity index (χ0) is 15.6. The molecule has 0 aromatic carbocycles. The second-order valence-electron chi connectivity index (χ2n) is 6.83. The third-order valence-electron chi connectivity index (χ3n) is 3.81. The van der Waals surface area contributed by atoms with Gasteiger partial charge in [-0.25, -0.2) is 0 Å². The van der Waals surface area contributed by atoms with Gasteiger partial charge in [-0.05, 0) is 72.4 Å². The van der Waals surface area contributed by atoms with Crippen LogP contribution in [0.2, 0.25) is 0 Å². The maximum absolute atomic E-state index is 12.5. The molecule has 1 saturated carbocycles. The van der Waals surface area contributed by atoms with Gasteiger partial charge < -0.3 is 19.8 Å². The van der Waals surface area contributed by atoms with Crippen molar-refractivity contribution in [2.24, 2.45) is 0 Å². The van der Waals surface area contributed by atoms with Crippen molar-refractivity contribution in [1.82, 2.24) is 19.8 Å². The summed E-state index contributed by atoms with van der Waals surface area (Å²) in [7, 11) is 4.13. The number of nitrogens with zero attached hydrogens (tertiary/aromatic N) is 2. The van der Waals surface area contributed by atoms with Crippen molar-refractivity contribution in [2.45, 2.75) is 51.1 Å². The molecule has 2 N–H and O–H groups in total. The van der Waals surface area contributed by atoms with Crippen LogP contribution in [0.15, 0.2) is 6.20 Å². The number of H-pyrrole nitrogens is 1. The predicted octanol–water partition coefficient (Wildman–Crippen LogP) is 2.73. The fraction of sp³-hybridized carbons (Fsp3) is 0.733. The first-order valence-electron chi connectivity index (χ1n) is 7.57. The normalized spacial score (nSPS) is 15.5. The minimum atomic E-state index is -0.215. The molecule has 0 atom stereocenters. The molecule has 0 saturated heterocycles. The molecular formula is C15H26N4OS. The van der Waals surface area contributed by atoms with Gasteiger partial charge in [-0.3, -0.25) is 4.79 Å². The van der Waals surface area contributed by atoms with Crippen molar-refractivity contribution >= 4 is 18.1 Å². The van der Waals surface area contributed by atoms with Gasteiger partial charge in [0.05, 0.1) is 0 Å². The molecule has 21 heavy (non-hydrogen) atoms. The fourth-order valence-electron chi connectivity index (χ4n) is 2.52. The minimum absolute atomic E-state index is 0.0379. The van der Waals surface area contributed by atoms with E-state index in [1.807, 2.05) is 4.57 Å². The van der Waals surface area contributed by atoms with Gasteiger partial charge in [-0.15, -0.1) is 0 Å². The van der Waals surface area contributed by atoms with Crippen LogP contribution >= 0.6 is 12.2 Å². The Hall–Kier alpha value is -1.14. The Morgan fingerprint density at radius 2 is 2.19 bits per heavy atom. The van der Waals surface area contributed by atoms with E-state index in [-0.39, 0.29) is 11.4 Å². The highest BCUT2D eigenvalue weighted by Crippen LogP contribution is 2.36. The largest absolute Gasteiger partial charge is 0.346 e. The molecule has 118 valence electrons. The van der Waals surface area contributed by atoms with Crippen LogP contribution in [0.25, 0.3) is 0 Å². The highest BCUT2D eigenvalue weighted by molar-refractivity contribution is 7.71. The van der Waals surface area contributed by atoms with E-state index in [9.17, 15) is 4.79 Å². The second kappa shape index (κ2) is 6.32. The lowest BCUT2D eigenvalue weighted by molar-refractivity contribution is 0.0897. The molecule has 0 unspecified atom stereocenters. The lowest BCUT2D eigenvalue weighted by atomic mass is 9.98. The van der Waals surface area contributed by atoms with Crippen molar-refractivity contribution in [1.29, 1.82) is 0 Å². The highest BCUT2D eigenvalue weighted by atomic mass is 32.1. The van der Waals surface area contributed by atoms with E-state index in [1.165, 1.54) is 0 Å². The van der Waals surface area contributed by atoms with Gasteiger partial charge >= 0.3 is 0 Å². The molecule has 1 aromatic heterocycles. The summed E-state index contributed by atoms with van der Waals surface area (Å²) in [4.78, 5) is 17.7. The molecule has 1 aliphatic rings. The van der Waals surface area contributed by atoms with Gasteiger partial charge in [-0.1, -0.05) is 0 Å². The van der Waals surface area contributed by atoms with Crippen molar-refractivity contribution < 1.29 is 4.79 Å². The third kappa shape index (κ3) is 4.41. The molecule has 0 bridgehead atoms. The Balaban J connectivity index is 1.99. The molecule has 1 fully saturated rings. The van der Waals surface area contributed by atoms with E-state index in [2.05, 4.69) is 43.1 Å². The summed E-state index contributed by atoms with van der Waals surface area (Å²) in [6, 6.07) is 0.404. The molecule has 0 radical (unpaired) electrons. The molecule has 0 aliphatic heterocycles. The minimum Gasteiger partial charge on any atom is -0.346 e. The van der Waals surface area contributed by atoms with E-state index in [0.717, 1.165) is 32.2 Å². The highest BCUT2D eigenvalue weighted by Gasteiger charge is 2.30. The monoisotopic (exact) mass is 310 g/mol. The Morgan fingerprint density at radius 3 is 2.76 bits per heavy atom. The van der Waals surface area contributed by atoms with E-state index in [0.29, 0.717) is 16.5 Å². The number of hydrogen-bond donors (Lipinski definition) is 2. The third-order valence-corrected chi connectivity index (χ3v) is 4.13. The van der Waals surface area contributed by atoms with Crippen LogP contribution in [0.4, 0.5) is 0 Å². The summed E-state index contributed by atoms with van der Waals surface area (Å²) in [5.74, 6) is -0.0379. The van der Waals surface area contributed by atoms with E-state index in [1.54, 1.807) is 6.20 Å². The standard InChI is InChI=1S/C15H26N4OS/c1-15(2,8-5-9-18(3)4)17-13(20)12-10-16-14(21)19(12)11-6-7-11/h10-11H,5-9H2,1-4H3,(H,16,21)(H,17,20). The number of imidazole rings is 1. The number of aromatic nitrogens is 2. The summed E-state index contributed by atoms with van der Waals surface area (Å²) >= 11 is 5.27. The molecule has 5 nitrogen and oxygen atoms in total. The number of nitrogens with one attached hydrogen (secondary N) is 2. The van der Waals surface area contributed by atoms with Crippen LogP contribution in [0.1, 0.15) is 56.1 Å². The van der Waals surface area contributed by atoms with Crippen LogP contribution in [0.3, 0.4) is 0 Å². The fourth-order valence-corrected chi connectivity index (χ4v) is 2.83. The Labute approximate surface area is 131 Å². The quantitative estimate of drug-likeness (QED) is 0.761. The van der Waals surface area contributed by atoms with E-state index in [4.69, 9.17) is 12.2 Å². The zero-order valence-corrected chi connectivity index (χ0v) is 14.2. The van der Waals surface area contributed by atoms with Crippen molar-refractivity contribution in [3.05, 3.63) is 16.7 Å². The van der Waals surface area contributed by atoms with Gasteiger partial charge in [0, 0.05) is 17.8 Å². The Bertz CT molecular complexity index is 554. The van der Waals surface area contributed by atoms with Crippen LogP contribution < -0.4 is 5.32 Å². The number of carbonyl (C=O) groups excluding carboxylic acids is 1. The van der Waals surface area contributed by atoms with Gasteiger partial charge in [0.2, 0.25) is 0 Å². The molecule has 0 spiro atoms. The lowest BCUT2D eigenvalue weighted by Gasteiger charge is -2.27. The van der Waals surface area contributed by atoms with Gasteiger partial charge in [0.25, 0.3) is 5.91 Å². The molecule has 1 heterocycles. The second-order valence-corrected chi connectivity index (χ2v) is 7.21. The molecule has 1 amide bonds. The average Bonchev–Trinajstić information content (AvgIpc) is 3.10. The number of aromatic amines is 1. The maximum Gasteiger partial charge on any atom is 0.269 e. The molecule has 1 aliphatic carbocycles. The van der Waals surface area contributed by atoms with Crippen LogP contribution in [-0.4, -0.2) is 46.5 Å². The average molecular weight is 310 g/mol. The van der Waals surface area contributed by atoms with Crippen molar-refractivity contribution in [2.75, 3.05) is 20.6 Å². The van der Waals surface area contributed by atoms with Crippen LogP contribution in [-0.2, 0) is 0 Å². The summed E-state index contributed by atoms with van der Waals surface area (Å²) in [6.07, 6.45) is 5.96. The zero-order valence-electron chi connectivity index (χ0n) is 13.4. The first-order chi connectivity index (χ1) is 9.80. The Morgan fingerprint density at radius 1 is 1.52 bits per heavy atom. The Kier molecular flexibility index (Phi) is 4.88. The summed E-state index contributed by atoms with van der Waals surface area (Å²) in [6.45, 7) is 5.18. The molecule has 1 aromatic rings. The number of hydrogen-bond acceptors (Lipinski definition) is 3. The van der Waals surface area contributed by atoms with Crippen LogP contribution in [0, 0.1) is 4.77 Å². The summed E-state index contributed by atoms with van der Waals surface area (Å²) in [5, 5.41) is 3.14. The van der Waals surface area contributed by atoms with Crippen molar-refractivity contribution in [3.63, 3.8) is 0 Å².